The van der Waals surface area contributed by atoms with Crippen molar-refractivity contribution in [2.75, 3.05) is 19.6 Å². The van der Waals surface area contributed by atoms with Gasteiger partial charge in [-0.2, -0.15) is 0 Å². The smallest absolute Gasteiger partial charge is 0.410 e. The number of hydrogen-bond acceptors (Lipinski definition) is 4. The Bertz CT molecular complexity index is 424. The number of piperidine rings is 1. The molecule has 19 heavy (non-hydrogen) atoms. The summed E-state index contributed by atoms with van der Waals surface area (Å²) in [5, 5.41) is 0. The van der Waals surface area contributed by atoms with Crippen LogP contribution in [0, 0.1) is 0 Å². The van der Waals surface area contributed by atoms with Gasteiger partial charge in [-0.15, -0.1) is 0 Å². The fraction of sp³-hybridized carbons (Fsp3) is 0.643. The second-order valence-corrected chi connectivity index (χ2v) is 5.49. The first-order chi connectivity index (χ1) is 9.22. The van der Waals surface area contributed by atoms with E-state index in [9.17, 15) is 4.79 Å². The molecule has 0 N–H and O–H groups in total. The van der Waals surface area contributed by atoms with Crippen molar-refractivity contribution in [1.82, 2.24) is 9.80 Å². The highest BCUT2D eigenvalue weighted by Crippen LogP contribution is 2.23. The van der Waals surface area contributed by atoms with E-state index >= 15 is 0 Å². The molecule has 1 aromatic rings. The van der Waals surface area contributed by atoms with Crippen LogP contribution >= 0.6 is 0 Å². The maximum Gasteiger partial charge on any atom is 0.410 e. The van der Waals surface area contributed by atoms with Gasteiger partial charge in [-0.3, -0.25) is 4.90 Å². The highest BCUT2D eigenvalue weighted by atomic mass is 16.6. The molecular formula is C14H20N2O3. The monoisotopic (exact) mass is 264 g/mol. The van der Waals surface area contributed by atoms with Gasteiger partial charge in [0.25, 0.3) is 0 Å². The molecule has 0 aliphatic carbocycles. The number of furan rings is 1. The maximum absolute atomic E-state index is 11.7. The number of amides is 1. The van der Waals surface area contributed by atoms with E-state index < -0.39 is 0 Å². The molecule has 2 fully saturated rings. The van der Waals surface area contributed by atoms with Gasteiger partial charge >= 0.3 is 6.09 Å². The minimum absolute atomic E-state index is 0.0384. The molecule has 1 amide bonds. The van der Waals surface area contributed by atoms with Gasteiger partial charge in [-0.05, 0) is 25.8 Å². The van der Waals surface area contributed by atoms with Gasteiger partial charge in [0.1, 0.15) is 6.10 Å². The molecule has 0 aromatic carbocycles. The van der Waals surface area contributed by atoms with Crippen LogP contribution in [0.15, 0.2) is 23.0 Å². The molecule has 1 atom stereocenters. The lowest BCUT2D eigenvalue weighted by Crippen LogP contribution is -2.45. The van der Waals surface area contributed by atoms with Gasteiger partial charge in [0, 0.05) is 31.2 Å². The summed E-state index contributed by atoms with van der Waals surface area (Å²) in [5.74, 6) is 0. The average Bonchev–Trinajstić information content (AvgIpc) is 3.00. The van der Waals surface area contributed by atoms with Gasteiger partial charge in [0.05, 0.1) is 19.1 Å². The van der Waals surface area contributed by atoms with Crippen molar-refractivity contribution in [2.45, 2.75) is 38.5 Å². The number of cyclic esters (lactones) is 1. The molecule has 1 unspecified atom stereocenters. The first-order valence-electron chi connectivity index (χ1n) is 6.93. The van der Waals surface area contributed by atoms with Gasteiger partial charge in [0.15, 0.2) is 0 Å². The molecular weight excluding hydrogens is 244 g/mol. The summed E-state index contributed by atoms with van der Waals surface area (Å²) >= 11 is 0. The lowest BCUT2D eigenvalue weighted by Gasteiger charge is -2.35. The van der Waals surface area contributed by atoms with Crippen molar-refractivity contribution in [3.05, 3.63) is 24.2 Å². The van der Waals surface area contributed by atoms with Crippen molar-refractivity contribution in [1.29, 1.82) is 0 Å². The molecule has 5 heteroatoms. The molecule has 104 valence electrons. The van der Waals surface area contributed by atoms with Gasteiger partial charge in [0.2, 0.25) is 0 Å². The molecule has 2 aliphatic rings. The fourth-order valence-corrected chi connectivity index (χ4v) is 2.96. The largest absolute Gasteiger partial charge is 0.472 e. The third-order valence-electron chi connectivity index (χ3n) is 3.97. The van der Waals surface area contributed by atoms with Crippen molar-refractivity contribution < 1.29 is 13.9 Å². The summed E-state index contributed by atoms with van der Waals surface area (Å²) in [5.41, 5.74) is 1.22. The highest BCUT2D eigenvalue weighted by molar-refractivity contribution is 5.70. The van der Waals surface area contributed by atoms with Crippen molar-refractivity contribution in [3.63, 3.8) is 0 Å². The number of rotatable bonds is 3. The average molecular weight is 264 g/mol. The molecule has 2 saturated heterocycles. The number of nitrogens with zero attached hydrogens (tertiary/aromatic N) is 2. The Labute approximate surface area is 113 Å². The van der Waals surface area contributed by atoms with E-state index in [1.165, 1.54) is 5.56 Å². The lowest BCUT2D eigenvalue weighted by atomic mass is 10.0. The minimum atomic E-state index is -0.138. The normalized spacial score (nSPS) is 25.8. The van der Waals surface area contributed by atoms with E-state index in [1.807, 2.05) is 17.9 Å². The molecule has 0 saturated carbocycles. The maximum atomic E-state index is 11.7. The second-order valence-electron chi connectivity index (χ2n) is 5.49. The van der Waals surface area contributed by atoms with Crippen LogP contribution in [0.1, 0.15) is 25.3 Å². The van der Waals surface area contributed by atoms with Crippen LogP contribution in [0.5, 0.6) is 0 Å². The van der Waals surface area contributed by atoms with Gasteiger partial charge in [-0.25, -0.2) is 4.79 Å². The zero-order valence-corrected chi connectivity index (χ0v) is 11.2. The van der Waals surface area contributed by atoms with Crippen molar-refractivity contribution in [2.24, 2.45) is 0 Å². The van der Waals surface area contributed by atoms with E-state index in [0.29, 0.717) is 6.04 Å². The molecule has 2 aliphatic heterocycles. The Kier molecular flexibility index (Phi) is 3.46. The Hall–Kier alpha value is -1.49. The van der Waals surface area contributed by atoms with Crippen LogP contribution in [-0.4, -0.2) is 47.7 Å². The quantitative estimate of drug-likeness (QED) is 0.838. The predicted molar refractivity (Wildman–Crippen MR) is 69.7 cm³/mol. The summed E-state index contributed by atoms with van der Waals surface area (Å²) in [6.45, 7) is 5.67. The number of carbonyl (C=O) groups is 1. The van der Waals surface area contributed by atoms with E-state index in [1.54, 1.807) is 12.5 Å². The summed E-state index contributed by atoms with van der Waals surface area (Å²) in [6, 6.07) is 2.35. The van der Waals surface area contributed by atoms with Crippen LogP contribution in [0.4, 0.5) is 4.79 Å². The molecule has 0 bridgehead atoms. The third kappa shape index (κ3) is 2.76. The van der Waals surface area contributed by atoms with E-state index in [-0.39, 0.29) is 12.2 Å². The topological polar surface area (TPSA) is 45.9 Å². The van der Waals surface area contributed by atoms with Crippen LogP contribution in [-0.2, 0) is 11.3 Å². The summed E-state index contributed by atoms with van der Waals surface area (Å²) in [4.78, 5) is 16.0. The zero-order chi connectivity index (χ0) is 13.2. The third-order valence-corrected chi connectivity index (χ3v) is 3.97. The number of hydrogen-bond donors (Lipinski definition) is 0. The van der Waals surface area contributed by atoms with E-state index in [4.69, 9.17) is 9.15 Å². The van der Waals surface area contributed by atoms with E-state index in [2.05, 4.69) is 4.90 Å². The molecule has 0 spiro atoms. The summed E-state index contributed by atoms with van der Waals surface area (Å²) in [6.07, 6.45) is 5.46. The Morgan fingerprint density at radius 2 is 2.16 bits per heavy atom. The summed E-state index contributed by atoms with van der Waals surface area (Å²) in [7, 11) is 0. The van der Waals surface area contributed by atoms with Gasteiger partial charge in [-0.1, -0.05) is 0 Å². The predicted octanol–water partition coefficient (Wildman–Crippen LogP) is 2.08. The summed E-state index contributed by atoms with van der Waals surface area (Å²) < 4.78 is 10.3. The number of ether oxygens (including phenoxy) is 1. The first kappa shape index (κ1) is 12.5. The molecule has 3 rings (SSSR count). The first-order valence-corrected chi connectivity index (χ1v) is 6.93. The zero-order valence-electron chi connectivity index (χ0n) is 11.2. The van der Waals surface area contributed by atoms with Crippen LogP contribution in [0.25, 0.3) is 0 Å². The van der Waals surface area contributed by atoms with Crippen LogP contribution < -0.4 is 0 Å². The second kappa shape index (κ2) is 5.25. The van der Waals surface area contributed by atoms with Crippen molar-refractivity contribution >= 4 is 6.09 Å². The van der Waals surface area contributed by atoms with E-state index in [0.717, 1.165) is 39.0 Å². The standard InChI is InChI=1S/C14H20N2O3/c1-11-8-16(14(17)19-11)13-2-5-15(6-3-13)9-12-4-7-18-10-12/h4,7,10-11,13H,2-3,5-6,8-9H2,1H3. The Morgan fingerprint density at radius 1 is 1.37 bits per heavy atom. The SMILES string of the molecule is CC1CN(C2CCN(Cc3ccoc3)CC2)C(=O)O1. The molecule has 0 radical (unpaired) electrons. The fourth-order valence-electron chi connectivity index (χ4n) is 2.96. The minimum Gasteiger partial charge on any atom is -0.472 e. The number of likely N-dealkylation sites (tertiary alicyclic amines) is 1. The molecule has 3 heterocycles. The number of carbonyl (C=O) groups excluding carboxylic acids is 1. The Balaban J connectivity index is 1.51. The van der Waals surface area contributed by atoms with Crippen LogP contribution in [0.2, 0.25) is 0 Å². The van der Waals surface area contributed by atoms with Crippen molar-refractivity contribution in [3.8, 4) is 0 Å². The molecule has 1 aromatic heterocycles. The lowest BCUT2D eigenvalue weighted by molar-refractivity contribution is 0.111. The van der Waals surface area contributed by atoms with Crippen LogP contribution in [0.3, 0.4) is 0 Å². The molecule has 5 nitrogen and oxygen atoms in total. The van der Waals surface area contributed by atoms with Gasteiger partial charge < -0.3 is 14.1 Å². The Morgan fingerprint density at radius 3 is 2.74 bits per heavy atom. The highest BCUT2D eigenvalue weighted by Gasteiger charge is 2.35.